The van der Waals surface area contributed by atoms with Gasteiger partial charge in [-0.05, 0) is 31.0 Å². The van der Waals surface area contributed by atoms with Crippen LogP contribution in [0.25, 0.3) is 0 Å². The van der Waals surface area contributed by atoms with E-state index in [9.17, 15) is 14.7 Å². The fourth-order valence-electron chi connectivity index (χ4n) is 2.57. The molecule has 1 fully saturated rings. The summed E-state index contributed by atoms with van der Waals surface area (Å²) in [5.41, 5.74) is 0.381. The Labute approximate surface area is 129 Å². The van der Waals surface area contributed by atoms with Crippen molar-refractivity contribution in [3.05, 3.63) is 29.8 Å². The van der Waals surface area contributed by atoms with Crippen LogP contribution in [0.3, 0.4) is 0 Å². The van der Waals surface area contributed by atoms with Crippen molar-refractivity contribution in [3.63, 3.8) is 0 Å². The van der Waals surface area contributed by atoms with Crippen LogP contribution in [0.5, 0.6) is 5.75 Å². The summed E-state index contributed by atoms with van der Waals surface area (Å²) in [4.78, 5) is 24.3. The lowest BCUT2D eigenvalue weighted by Gasteiger charge is -2.19. The SMILES string of the molecule is COc1cccc(C(=O)N[C@@H](CO)C(=O)NC2CCCC2)c1. The second-order valence-corrected chi connectivity index (χ2v) is 5.43. The van der Waals surface area contributed by atoms with E-state index in [0.29, 0.717) is 11.3 Å². The second kappa shape index (κ2) is 7.79. The molecule has 6 heteroatoms. The van der Waals surface area contributed by atoms with Gasteiger partial charge in [0, 0.05) is 11.6 Å². The van der Waals surface area contributed by atoms with Crippen LogP contribution in [0.1, 0.15) is 36.0 Å². The Morgan fingerprint density at radius 2 is 2.09 bits per heavy atom. The van der Waals surface area contributed by atoms with Crippen molar-refractivity contribution in [1.29, 1.82) is 0 Å². The highest BCUT2D eigenvalue weighted by atomic mass is 16.5. The standard InChI is InChI=1S/C16H22N2O4/c1-22-13-8-4-5-11(9-13)15(20)18-14(10-19)16(21)17-12-6-2-3-7-12/h4-5,8-9,12,14,19H,2-3,6-7,10H2,1H3,(H,17,21)(H,18,20)/t14-/m0/s1. The summed E-state index contributed by atoms with van der Waals surface area (Å²) in [6.45, 7) is -0.436. The fourth-order valence-corrected chi connectivity index (χ4v) is 2.57. The van der Waals surface area contributed by atoms with Crippen LogP contribution >= 0.6 is 0 Å². The molecule has 0 spiro atoms. The predicted octanol–water partition coefficient (Wildman–Crippen LogP) is 0.845. The summed E-state index contributed by atoms with van der Waals surface area (Å²) >= 11 is 0. The molecule has 0 radical (unpaired) electrons. The lowest BCUT2D eigenvalue weighted by atomic mass is 10.1. The lowest BCUT2D eigenvalue weighted by molar-refractivity contribution is -0.124. The Kier molecular flexibility index (Phi) is 5.77. The molecule has 0 bridgehead atoms. The Bertz CT molecular complexity index is 527. The molecule has 6 nitrogen and oxygen atoms in total. The van der Waals surface area contributed by atoms with Crippen molar-refractivity contribution in [1.82, 2.24) is 10.6 Å². The zero-order chi connectivity index (χ0) is 15.9. The lowest BCUT2D eigenvalue weighted by Crippen LogP contribution is -2.51. The number of ether oxygens (including phenoxy) is 1. The number of nitrogens with one attached hydrogen (secondary N) is 2. The molecule has 1 aliphatic carbocycles. The van der Waals surface area contributed by atoms with Crippen molar-refractivity contribution < 1.29 is 19.4 Å². The van der Waals surface area contributed by atoms with Crippen molar-refractivity contribution in [2.45, 2.75) is 37.8 Å². The second-order valence-electron chi connectivity index (χ2n) is 5.43. The monoisotopic (exact) mass is 306 g/mol. The van der Waals surface area contributed by atoms with Crippen LogP contribution in [0.15, 0.2) is 24.3 Å². The quantitative estimate of drug-likeness (QED) is 0.727. The summed E-state index contributed by atoms with van der Waals surface area (Å²) in [7, 11) is 1.52. The van der Waals surface area contributed by atoms with Gasteiger partial charge in [-0.15, -0.1) is 0 Å². The summed E-state index contributed by atoms with van der Waals surface area (Å²) in [5, 5.41) is 14.8. The molecule has 0 saturated heterocycles. The first kappa shape index (κ1) is 16.3. The van der Waals surface area contributed by atoms with E-state index in [1.807, 2.05) is 0 Å². The minimum absolute atomic E-state index is 0.148. The van der Waals surface area contributed by atoms with Gasteiger partial charge < -0.3 is 20.5 Å². The average molecular weight is 306 g/mol. The van der Waals surface area contributed by atoms with E-state index < -0.39 is 18.6 Å². The Morgan fingerprint density at radius 3 is 2.73 bits per heavy atom. The number of methoxy groups -OCH3 is 1. The molecule has 1 aliphatic rings. The molecular weight excluding hydrogens is 284 g/mol. The van der Waals surface area contributed by atoms with Gasteiger partial charge in [-0.1, -0.05) is 18.9 Å². The van der Waals surface area contributed by atoms with E-state index in [0.717, 1.165) is 25.7 Å². The first-order valence-corrected chi connectivity index (χ1v) is 7.50. The number of aliphatic hydroxyl groups is 1. The van der Waals surface area contributed by atoms with Gasteiger partial charge in [0.15, 0.2) is 0 Å². The van der Waals surface area contributed by atoms with Gasteiger partial charge in [-0.25, -0.2) is 0 Å². The summed E-state index contributed by atoms with van der Waals surface area (Å²) < 4.78 is 5.06. The number of aliphatic hydroxyl groups excluding tert-OH is 1. The van der Waals surface area contributed by atoms with Gasteiger partial charge in [0.2, 0.25) is 5.91 Å². The average Bonchev–Trinajstić information content (AvgIpc) is 3.05. The summed E-state index contributed by atoms with van der Waals surface area (Å²) in [6, 6.07) is 5.84. The zero-order valence-corrected chi connectivity index (χ0v) is 12.7. The van der Waals surface area contributed by atoms with Gasteiger partial charge in [-0.2, -0.15) is 0 Å². The largest absolute Gasteiger partial charge is 0.497 e. The third-order valence-corrected chi connectivity index (χ3v) is 3.84. The van der Waals surface area contributed by atoms with E-state index >= 15 is 0 Å². The van der Waals surface area contributed by atoms with Crippen molar-refractivity contribution in [2.75, 3.05) is 13.7 Å². The molecule has 1 atom stereocenters. The zero-order valence-electron chi connectivity index (χ0n) is 12.7. The minimum Gasteiger partial charge on any atom is -0.497 e. The number of rotatable bonds is 6. The third-order valence-electron chi connectivity index (χ3n) is 3.84. The maximum Gasteiger partial charge on any atom is 0.252 e. The highest BCUT2D eigenvalue weighted by Crippen LogP contribution is 2.17. The molecule has 2 amide bonds. The molecule has 120 valence electrons. The van der Waals surface area contributed by atoms with Crippen LogP contribution in [0, 0.1) is 0 Å². The smallest absolute Gasteiger partial charge is 0.252 e. The van der Waals surface area contributed by atoms with E-state index in [1.165, 1.54) is 7.11 Å². The number of hydrogen-bond acceptors (Lipinski definition) is 4. The maximum atomic E-state index is 12.2. The van der Waals surface area contributed by atoms with E-state index in [4.69, 9.17) is 4.74 Å². The normalized spacial score (nSPS) is 16.1. The van der Waals surface area contributed by atoms with Crippen LogP contribution in [0.4, 0.5) is 0 Å². The topological polar surface area (TPSA) is 87.7 Å². The van der Waals surface area contributed by atoms with Crippen molar-refractivity contribution in [2.24, 2.45) is 0 Å². The number of carbonyl (C=O) groups is 2. The Balaban J connectivity index is 1.95. The van der Waals surface area contributed by atoms with E-state index in [-0.39, 0.29) is 11.9 Å². The summed E-state index contributed by atoms with van der Waals surface area (Å²) in [6.07, 6.45) is 4.11. The van der Waals surface area contributed by atoms with Crippen LogP contribution in [0.2, 0.25) is 0 Å². The highest BCUT2D eigenvalue weighted by molar-refractivity contribution is 5.97. The number of hydrogen-bond donors (Lipinski definition) is 3. The third kappa shape index (κ3) is 4.21. The minimum atomic E-state index is -0.945. The Hall–Kier alpha value is -2.08. The van der Waals surface area contributed by atoms with Gasteiger partial charge in [0.25, 0.3) is 5.91 Å². The van der Waals surface area contributed by atoms with Gasteiger partial charge >= 0.3 is 0 Å². The van der Waals surface area contributed by atoms with Gasteiger partial charge in [0.1, 0.15) is 11.8 Å². The molecule has 3 N–H and O–H groups in total. The molecule has 0 unspecified atom stereocenters. The molecule has 1 aromatic carbocycles. The van der Waals surface area contributed by atoms with E-state index in [1.54, 1.807) is 24.3 Å². The maximum absolute atomic E-state index is 12.2. The highest BCUT2D eigenvalue weighted by Gasteiger charge is 2.24. The van der Waals surface area contributed by atoms with Crippen molar-refractivity contribution in [3.8, 4) is 5.75 Å². The van der Waals surface area contributed by atoms with Crippen LogP contribution in [-0.4, -0.2) is 42.7 Å². The number of carbonyl (C=O) groups excluding carboxylic acids is 2. The molecule has 1 aromatic rings. The molecule has 0 aromatic heterocycles. The number of benzene rings is 1. The predicted molar refractivity (Wildman–Crippen MR) is 81.7 cm³/mol. The van der Waals surface area contributed by atoms with Crippen molar-refractivity contribution >= 4 is 11.8 Å². The fraction of sp³-hybridized carbons (Fsp3) is 0.500. The molecule has 22 heavy (non-hydrogen) atoms. The summed E-state index contributed by atoms with van der Waals surface area (Å²) in [5.74, 6) is -0.200. The molecule has 0 aliphatic heterocycles. The molecule has 1 saturated carbocycles. The molecule has 0 heterocycles. The number of amides is 2. The van der Waals surface area contributed by atoms with Crippen LogP contribution < -0.4 is 15.4 Å². The van der Waals surface area contributed by atoms with Gasteiger partial charge in [0.05, 0.1) is 13.7 Å². The first-order valence-electron chi connectivity index (χ1n) is 7.50. The molecule has 2 rings (SSSR count). The van der Waals surface area contributed by atoms with Crippen LogP contribution in [-0.2, 0) is 4.79 Å². The first-order chi connectivity index (χ1) is 10.6. The van der Waals surface area contributed by atoms with Gasteiger partial charge in [-0.3, -0.25) is 9.59 Å². The van der Waals surface area contributed by atoms with E-state index in [2.05, 4.69) is 10.6 Å². The Morgan fingerprint density at radius 1 is 1.36 bits per heavy atom. The molecular formula is C16H22N2O4.